The monoisotopic (exact) mass is 322 g/mol. The minimum absolute atomic E-state index is 0.0693. The number of rotatable bonds is 2. The predicted molar refractivity (Wildman–Crippen MR) is 89.3 cm³/mol. The Morgan fingerprint density at radius 3 is 3.10 bits per heavy atom. The van der Waals surface area contributed by atoms with Gasteiger partial charge in [0.15, 0.2) is 0 Å². The Morgan fingerprint density at radius 1 is 1.33 bits per heavy atom. The molecule has 3 aliphatic rings. The summed E-state index contributed by atoms with van der Waals surface area (Å²) in [5.74, 6) is 4.06. The normalized spacial score (nSPS) is 36.8. The second-order valence-electron chi connectivity index (χ2n) is 6.53. The molecule has 2 saturated heterocycles. The molecule has 1 spiro atoms. The summed E-state index contributed by atoms with van der Waals surface area (Å²) in [4.78, 5) is 1.36. The molecule has 0 bridgehead atoms. The molecule has 0 aliphatic carbocycles. The molecule has 0 saturated carbocycles. The third kappa shape index (κ3) is 2.65. The van der Waals surface area contributed by atoms with Gasteiger partial charge in [0, 0.05) is 28.9 Å². The van der Waals surface area contributed by atoms with Gasteiger partial charge in [-0.25, -0.2) is 0 Å². The molecule has 4 heteroatoms. The van der Waals surface area contributed by atoms with Crippen LogP contribution in [-0.2, 0) is 4.74 Å². The van der Waals surface area contributed by atoms with Crippen LogP contribution in [-0.4, -0.2) is 40.7 Å². The average molecular weight is 322 g/mol. The number of hydrogen-bond acceptors (Lipinski definition) is 4. The van der Waals surface area contributed by atoms with Crippen molar-refractivity contribution >= 4 is 23.5 Å². The summed E-state index contributed by atoms with van der Waals surface area (Å²) < 4.78 is 6.10. The lowest BCUT2D eigenvalue weighted by Crippen LogP contribution is -2.44. The lowest BCUT2D eigenvalue weighted by Gasteiger charge is -2.40. The minimum atomic E-state index is -0.215. The Kier molecular flexibility index (Phi) is 3.99. The van der Waals surface area contributed by atoms with E-state index in [2.05, 4.69) is 24.3 Å². The smallest absolute Gasteiger partial charge is 0.0783 e. The minimum Gasteiger partial charge on any atom is -0.392 e. The zero-order valence-electron chi connectivity index (χ0n) is 12.2. The highest BCUT2D eigenvalue weighted by atomic mass is 32.2. The Labute approximate surface area is 135 Å². The summed E-state index contributed by atoms with van der Waals surface area (Å²) in [7, 11) is 0. The van der Waals surface area contributed by atoms with Crippen molar-refractivity contribution in [3.05, 3.63) is 29.8 Å². The van der Waals surface area contributed by atoms with Crippen LogP contribution in [0.15, 0.2) is 29.2 Å². The molecule has 2 nitrogen and oxygen atoms in total. The second-order valence-corrected chi connectivity index (χ2v) is 8.70. The van der Waals surface area contributed by atoms with E-state index in [1.54, 1.807) is 0 Å². The van der Waals surface area contributed by atoms with E-state index in [1.807, 2.05) is 23.5 Å². The van der Waals surface area contributed by atoms with Gasteiger partial charge in [0.25, 0.3) is 0 Å². The van der Waals surface area contributed by atoms with Crippen molar-refractivity contribution in [2.75, 3.05) is 23.9 Å². The van der Waals surface area contributed by atoms with Crippen molar-refractivity contribution in [3.8, 4) is 0 Å². The molecule has 0 radical (unpaired) electrons. The SMILES string of the molecule is OC(C1CCOC2(CCSC2)C1)C1CSc2ccccc21. The van der Waals surface area contributed by atoms with Crippen LogP contribution in [0.25, 0.3) is 0 Å². The lowest BCUT2D eigenvalue weighted by atomic mass is 9.77. The number of hydrogen-bond donors (Lipinski definition) is 1. The first-order chi connectivity index (χ1) is 10.3. The third-order valence-corrected chi connectivity index (χ3v) is 7.66. The number of thioether (sulfide) groups is 2. The summed E-state index contributed by atoms with van der Waals surface area (Å²) in [6, 6.07) is 8.58. The van der Waals surface area contributed by atoms with Crippen LogP contribution in [0.1, 0.15) is 30.7 Å². The zero-order chi connectivity index (χ0) is 14.3. The van der Waals surface area contributed by atoms with E-state index in [-0.39, 0.29) is 11.7 Å². The molecule has 1 N–H and O–H groups in total. The molecule has 21 heavy (non-hydrogen) atoms. The van der Waals surface area contributed by atoms with Gasteiger partial charge in [-0.1, -0.05) is 18.2 Å². The molecule has 3 heterocycles. The quantitative estimate of drug-likeness (QED) is 0.902. The van der Waals surface area contributed by atoms with E-state index in [0.717, 1.165) is 37.4 Å². The van der Waals surface area contributed by atoms with Gasteiger partial charge in [0.1, 0.15) is 0 Å². The van der Waals surface area contributed by atoms with Crippen LogP contribution in [0, 0.1) is 5.92 Å². The first kappa shape index (κ1) is 14.4. The fraction of sp³-hybridized carbons (Fsp3) is 0.647. The van der Waals surface area contributed by atoms with E-state index in [9.17, 15) is 5.11 Å². The predicted octanol–water partition coefficient (Wildman–Crippen LogP) is 3.54. The highest BCUT2D eigenvalue weighted by molar-refractivity contribution is 7.99. The molecule has 1 aromatic carbocycles. The van der Waals surface area contributed by atoms with E-state index in [1.165, 1.54) is 16.2 Å². The maximum Gasteiger partial charge on any atom is 0.0783 e. The Morgan fingerprint density at radius 2 is 2.24 bits per heavy atom. The molecule has 0 amide bonds. The number of ether oxygens (including phenoxy) is 1. The fourth-order valence-corrected chi connectivity index (χ4v) is 6.69. The van der Waals surface area contributed by atoms with Crippen LogP contribution in [0.4, 0.5) is 0 Å². The van der Waals surface area contributed by atoms with Crippen molar-refractivity contribution in [3.63, 3.8) is 0 Å². The number of aliphatic hydroxyl groups excluding tert-OH is 1. The largest absolute Gasteiger partial charge is 0.392 e. The highest BCUT2D eigenvalue weighted by Gasteiger charge is 2.44. The van der Waals surface area contributed by atoms with E-state index < -0.39 is 0 Å². The van der Waals surface area contributed by atoms with Crippen molar-refractivity contribution in [1.29, 1.82) is 0 Å². The highest BCUT2D eigenvalue weighted by Crippen LogP contribution is 2.47. The van der Waals surface area contributed by atoms with Gasteiger partial charge in [-0.3, -0.25) is 0 Å². The Hall–Kier alpha value is -0.160. The summed E-state index contributed by atoms with van der Waals surface area (Å²) in [5.41, 5.74) is 1.43. The number of benzene rings is 1. The molecular formula is C17H22O2S2. The van der Waals surface area contributed by atoms with Gasteiger partial charge in [0.2, 0.25) is 0 Å². The molecule has 114 valence electrons. The van der Waals surface area contributed by atoms with Crippen LogP contribution < -0.4 is 0 Å². The topological polar surface area (TPSA) is 29.5 Å². The molecular weight excluding hydrogens is 300 g/mol. The van der Waals surface area contributed by atoms with Crippen LogP contribution >= 0.6 is 23.5 Å². The fourth-order valence-electron chi connectivity index (χ4n) is 4.02. The van der Waals surface area contributed by atoms with Crippen molar-refractivity contribution in [2.24, 2.45) is 5.92 Å². The molecule has 4 atom stereocenters. The van der Waals surface area contributed by atoms with Gasteiger partial charge >= 0.3 is 0 Å². The first-order valence-corrected chi connectivity index (χ1v) is 10.0. The van der Waals surface area contributed by atoms with Gasteiger partial charge in [-0.15, -0.1) is 11.8 Å². The van der Waals surface area contributed by atoms with Gasteiger partial charge in [-0.05, 0) is 42.6 Å². The molecule has 4 unspecified atom stereocenters. The van der Waals surface area contributed by atoms with E-state index >= 15 is 0 Å². The van der Waals surface area contributed by atoms with Crippen molar-refractivity contribution < 1.29 is 9.84 Å². The lowest BCUT2D eigenvalue weighted by molar-refractivity contribution is -0.103. The second kappa shape index (κ2) is 5.80. The molecule has 1 aromatic rings. The maximum absolute atomic E-state index is 11.0. The number of fused-ring (bicyclic) bond motifs is 1. The van der Waals surface area contributed by atoms with Gasteiger partial charge in [0.05, 0.1) is 11.7 Å². The molecule has 0 aromatic heterocycles. The van der Waals surface area contributed by atoms with Crippen LogP contribution in [0.5, 0.6) is 0 Å². The summed E-state index contributed by atoms with van der Waals surface area (Å²) in [6.45, 7) is 0.823. The zero-order valence-corrected chi connectivity index (χ0v) is 13.8. The Balaban J connectivity index is 1.51. The summed E-state index contributed by atoms with van der Waals surface area (Å²) in [5, 5.41) is 11.0. The molecule has 2 fully saturated rings. The third-order valence-electron chi connectivity index (χ3n) is 5.23. The van der Waals surface area contributed by atoms with Crippen molar-refractivity contribution in [2.45, 2.75) is 41.8 Å². The summed E-state index contributed by atoms with van der Waals surface area (Å²) in [6.07, 6.45) is 3.01. The van der Waals surface area contributed by atoms with Gasteiger partial charge in [-0.2, -0.15) is 11.8 Å². The maximum atomic E-state index is 11.0. The van der Waals surface area contributed by atoms with Crippen molar-refractivity contribution in [1.82, 2.24) is 0 Å². The van der Waals surface area contributed by atoms with Gasteiger partial charge < -0.3 is 9.84 Å². The van der Waals surface area contributed by atoms with Crippen LogP contribution in [0.3, 0.4) is 0 Å². The molecule has 4 rings (SSSR count). The Bertz CT molecular complexity index is 513. The standard InChI is InChI=1S/C17H22O2S2/c18-16(14-10-21-15-4-2-1-3-13(14)15)12-5-7-19-17(9-12)6-8-20-11-17/h1-4,12,14,16,18H,5-11H2. The number of aliphatic hydroxyl groups is 1. The van der Waals surface area contributed by atoms with E-state index in [4.69, 9.17) is 4.74 Å². The summed E-state index contributed by atoms with van der Waals surface area (Å²) >= 11 is 3.90. The average Bonchev–Trinajstić information content (AvgIpc) is 3.14. The van der Waals surface area contributed by atoms with Crippen LogP contribution in [0.2, 0.25) is 0 Å². The first-order valence-electron chi connectivity index (χ1n) is 7.89. The molecule has 3 aliphatic heterocycles. The van der Waals surface area contributed by atoms with E-state index in [0.29, 0.717) is 11.8 Å².